The fourth-order valence-electron chi connectivity index (χ4n) is 2.74. The zero-order valence-electron chi connectivity index (χ0n) is 10.4. The summed E-state index contributed by atoms with van der Waals surface area (Å²) in [4.78, 5) is 16.3. The van der Waals surface area contributed by atoms with Gasteiger partial charge in [0.25, 0.3) is 0 Å². The lowest BCUT2D eigenvalue weighted by Gasteiger charge is -2.20. The number of pyridine rings is 1. The Morgan fingerprint density at radius 1 is 1.17 bits per heavy atom. The molecule has 1 aromatic carbocycles. The highest BCUT2D eigenvalue weighted by Crippen LogP contribution is 2.30. The molecule has 3 rings (SSSR count). The average molecular weight is 241 g/mol. The van der Waals surface area contributed by atoms with Crippen molar-refractivity contribution in [3.8, 4) is 0 Å². The van der Waals surface area contributed by atoms with Crippen LogP contribution in [0.3, 0.4) is 0 Å². The second-order valence-electron chi connectivity index (χ2n) is 4.63. The Bertz CT molecular complexity index is 619. The highest BCUT2D eigenvalue weighted by atomic mass is 16.5. The molecule has 0 unspecified atom stereocenters. The molecular formula is C15H15NO2. The van der Waals surface area contributed by atoms with Crippen LogP contribution in [0.5, 0.6) is 0 Å². The number of carbonyl (C=O) groups excluding carboxylic acids is 1. The van der Waals surface area contributed by atoms with Gasteiger partial charge in [0, 0.05) is 5.39 Å². The fraction of sp³-hybridized carbons (Fsp3) is 0.333. The summed E-state index contributed by atoms with van der Waals surface area (Å²) in [6.07, 6.45) is 4.26. The molecular weight excluding hydrogens is 226 g/mol. The minimum atomic E-state index is -0.320. The quantitative estimate of drug-likeness (QED) is 0.721. The van der Waals surface area contributed by atoms with E-state index in [9.17, 15) is 4.79 Å². The summed E-state index contributed by atoms with van der Waals surface area (Å²) >= 11 is 0. The molecule has 0 N–H and O–H groups in total. The van der Waals surface area contributed by atoms with Crippen LogP contribution in [-0.2, 0) is 17.6 Å². The van der Waals surface area contributed by atoms with Crippen molar-refractivity contribution < 1.29 is 9.53 Å². The van der Waals surface area contributed by atoms with Crippen LogP contribution in [0.2, 0.25) is 0 Å². The molecule has 1 aromatic heterocycles. The third-order valence-electron chi connectivity index (χ3n) is 3.59. The average Bonchev–Trinajstić information content (AvgIpc) is 2.45. The van der Waals surface area contributed by atoms with Crippen molar-refractivity contribution in [3.05, 3.63) is 41.1 Å². The third kappa shape index (κ3) is 1.67. The fourth-order valence-corrected chi connectivity index (χ4v) is 2.74. The van der Waals surface area contributed by atoms with Gasteiger partial charge in [-0.25, -0.2) is 9.78 Å². The van der Waals surface area contributed by atoms with E-state index in [1.807, 2.05) is 18.2 Å². The van der Waals surface area contributed by atoms with Crippen LogP contribution in [0, 0.1) is 0 Å². The van der Waals surface area contributed by atoms with E-state index in [1.165, 1.54) is 24.5 Å². The highest BCUT2D eigenvalue weighted by Gasteiger charge is 2.22. The van der Waals surface area contributed by atoms with Crippen LogP contribution < -0.4 is 0 Å². The van der Waals surface area contributed by atoms with Crippen molar-refractivity contribution in [2.45, 2.75) is 25.7 Å². The second-order valence-corrected chi connectivity index (χ2v) is 4.63. The second kappa shape index (κ2) is 4.41. The van der Waals surface area contributed by atoms with E-state index in [-0.39, 0.29) is 5.97 Å². The summed E-state index contributed by atoms with van der Waals surface area (Å²) in [6, 6.07) is 8.02. The predicted octanol–water partition coefficient (Wildman–Crippen LogP) is 2.90. The first kappa shape index (κ1) is 11.2. The number of carbonyl (C=O) groups is 1. The first-order valence-electron chi connectivity index (χ1n) is 6.30. The summed E-state index contributed by atoms with van der Waals surface area (Å²) in [7, 11) is 1.41. The smallest absolute Gasteiger partial charge is 0.356 e. The maximum absolute atomic E-state index is 11.8. The van der Waals surface area contributed by atoms with E-state index >= 15 is 0 Å². The molecule has 0 amide bonds. The maximum Gasteiger partial charge on any atom is 0.356 e. The van der Waals surface area contributed by atoms with Gasteiger partial charge in [-0.3, -0.25) is 0 Å². The van der Waals surface area contributed by atoms with Gasteiger partial charge in [-0.2, -0.15) is 0 Å². The molecule has 0 aliphatic heterocycles. The molecule has 0 saturated carbocycles. The Balaban J connectivity index is 2.33. The van der Waals surface area contributed by atoms with Crippen molar-refractivity contribution in [2.24, 2.45) is 0 Å². The number of esters is 1. The molecule has 1 aliphatic rings. The van der Waals surface area contributed by atoms with Gasteiger partial charge in [-0.15, -0.1) is 0 Å². The lowest BCUT2D eigenvalue weighted by molar-refractivity contribution is 0.0592. The van der Waals surface area contributed by atoms with Crippen LogP contribution in [0.15, 0.2) is 24.3 Å². The number of hydrogen-bond acceptors (Lipinski definition) is 3. The molecule has 0 fully saturated rings. The number of methoxy groups -OCH3 is 1. The SMILES string of the molecule is COC(=O)c1nc2ccccc2c2c1CCCC2. The largest absolute Gasteiger partial charge is 0.464 e. The molecule has 2 aromatic rings. The first-order chi connectivity index (χ1) is 8.81. The minimum Gasteiger partial charge on any atom is -0.464 e. The number of fused-ring (bicyclic) bond motifs is 3. The summed E-state index contributed by atoms with van der Waals surface area (Å²) in [5.74, 6) is -0.320. The summed E-state index contributed by atoms with van der Waals surface area (Å²) in [5.41, 5.74) is 3.77. The predicted molar refractivity (Wildman–Crippen MR) is 69.7 cm³/mol. The Morgan fingerprint density at radius 3 is 2.67 bits per heavy atom. The van der Waals surface area contributed by atoms with Gasteiger partial charge in [-0.1, -0.05) is 18.2 Å². The molecule has 3 nitrogen and oxygen atoms in total. The number of benzene rings is 1. The Morgan fingerprint density at radius 2 is 1.89 bits per heavy atom. The molecule has 0 spiro atoms. The Hall–Kier alpha value is -1.90. The van der Waals surface area contributed by atoms with Crippen LogP contribution in [0.4, 0.5) is 0 Å². The monoisotopic (exact) mass is 241 g/mol. The van der Waals surface area contributed by atoms with Crippen LogP contribution in [-0.4, -0.2) is 18.1 Å². The molecule has 0 bridgehead atoms. The van der Waals surface area contributed by atoms with Gasteiger partial charge in [0.05, 0.1) is 12.6 Å². The highest BCUT2D eigenvalue weighted by molar-refractivity contribution is 5.94. The molecule has 1 aliphatic carbocycles. The molecule has 1 heterocycles. The number of rotatable bonds is 1. The Kier molecular flexibility index (Phi) is 2.74. The van der Waals surface area contributed by atoms with Gasteiger partial charge >= 0.3 is 5.97 Å². The summed E-state index contributed by atoms with van der Waals surface area (Å²) in [6.45, 7) is 0. The van der Waals surface area contributed by atoms with Crippen LogP contribution >= 0.6 is 0 Å². The minimum absolute atomic E-state index is 0.320. The van der Waals surface area contributed by atoms with Crippen LogP contribution in [0.25, 0.3) is 10.9 Å². The standard InChI is InChI=1S/C15H15NO2/c1-18-15(17)14-12-8-3-2-6-10(12)11-7-4-5-9-13(11)16-14/h4-5,7,9H,2-3,6,8H2,1H3. The van der Waals surface area contributed by atoms with Crippen molar-refractivity contribution in [1.82, 2.24) is 4.98 Å². The van der Waals surface area contributed by atoms with Crippen molar-refractivity contribution in [2.75, 3.05) is 7.11 Å². The molecule has 0 atom stereocenters. The van der Waals surface area contributed by atoms with Gasteiger partial charge < -0.3 is 4.74 Å². The lowest BCUT2D eigenvalue weighted by atomic mass is 9.88. The normalized spacial score (nSPS) is 14.3. The lowest BCUT2D eigenvalue weighted by Crippen LogP contribution is -2.14. The van der Waals surface area contributed by atoms with E-state index in [2.05, 4.69) is 11.1 Å². The third-order valence-corrected chi connectivity index (χ3v) is 3.59. The molecule has 18 heavy (non-hydrogen) atoms. The van der Waals surface area contributed by atoms with Crippen molar-refractivity contribution in [1.29, 1.82) is 0 Å². The number of nitrogens with zero attached hydrogens (tertiary/aromatic N) is 1. The zero-order valence-corrected chi connectivity index (χ0v) is 10.4. The van der Waals surface area contributed by atoms with E-state index in [1.54, 1.807) is 0 Å². The number of ether oxygens (including phenoxy) is 1. The van der Waals surface area contributed by atoms with Gasteiger partial charge in [0.2, 0.25) is 0 Å². The summed E-state index contributed by atoms with van der Waals surface area (Å²) < 4.78 is 4.85. The van der Waals surface area contributed by atoms with E-state index < -0.39 is 0 Å². The molecule has 3 heteroatoms. The summed E-state index contributed by atoms with van der Waals surface area (Å²) in [5, 5.41) is 1.18. The van der Waals surface area contributed by atoms with E-state index in [0.29, 0.717) is 5.69 Å². The first-order valence-corrected chi connectivity index (χ1v) is 6.30. The number of aromatic nitrogens is 1. The van der Waals surface area contributed by atoms with Gasteiger partial charge in [-0.05, 0) is 42.9 Å². The number of aryl methyl sites for hydroxylation is 1. The molecule has 92 valence electrons. The maximum atomic E-state index is 11.8. The van der Waals surface area contributed by atoms with E-state index in [0.717, 1.165) is 30.3 Å². The Labute approximate surface area is 106 Å². The number of para-hydroxylation sites is 1. The van der Waals surface area contributed by atoms with Gasteiger partial charge in [0.15, 0.2) is 5.69 Å². The van der Waals surface area contributed by atoms with E-state index in [4.69, 9.17) is 4.74 Å². The van der Waals surface area contributed by atoms with Crippen molar-refractivity contribution >= 4 is 16.9 Å². The zero-order chi connectivity index (χ0) is 12.5. The topological polar surface area (TPSA) is 39.2 Å². The van der Waals surface area contributed by atoms with Gasteiger partial charge in [0.1, 0.15) is 0 Å². The molecule has 0 radical (unpaired) electrons. The number of hydrogen-bond donors (Lipinski definition) is 0. The molecule has 0 saturated heterocycles. The van der Waals surface area contributed by atoms with Crippen LogP contribution in [0.1, 0.15) is 34.5 Å². The van der Waals surface area contributed by atoms with Crippen molar-refractivity contribution in [3.63, 3.8) is 0 Å².